The van der Waals surface area contributed by atoms with Crippen molar-refractivity contribution < 1.29 is 31.1 Å². The van der Waals surface area contributed by atoms with E-state index >= 15 is 0 Å². The van der Waals surface area contributed by atoms with Gasteiger partial charge in [-0.15, -0.1) is 11.3 Å². The molecule has 15 heteroatoms. The van der Waals surface area contributed by atoms with Crippen LogP contribution >= 0.6 is 34.5 Å². The van der Waals surface area contributed by atoms with Gasteiger partial charge in [-0.3, -0.25) is 9.52 Å². The molecule has 0 aliphatic heterocycles. The van der Waals surface area contributed by atoms with Crippen LogP contribution in [0.3, 0.4) is 0 Å². The van der Waals surface area contributed by atoms with E-state index in [1.165, 1.54) is 18.2 Å². The van der Waals surface area contributed by atoms with Crippen LogP contribution in [0.5, 0.6) is 11.6 Å². The molecule has 188 valence electrons. The molecule has 4 aromatic rings. The number of thiophene rings is 1. The van der Waals surface area contributed by atoms with Gasteiger partial charge in [0.2, 0.25) is 15.9 Å². The van der Waals surface area contributed by atoms with Gasteiger partial charge in [-0.25, -0.2) is 18.4 Å². The predicted molar refractivity (Wildman–Crippen MR) is 132 cm³/mol. The Kier molecular flexibility index (Phi) is 7.01. The fourth-order valence-electron chi connectivity index (χ4n) is 2.97. The highest BCUT2D eigenvalue weighted by molar-refractivity contribution is 7.92. The smallest absolute Gasteiger partial charge is 0.433 e. The summed E-state index contributed by atoms with van der Waals surface area (Å²) in [5.41, 5.74) is -0.688. The number of fused-ring (bicyclic) bond motifs is 1. The van der Waals surface area contributed by atoms with Crippen LogP contribution in [0.15, 0.2) is 48.7 Å². The Morgan fingerprint density at radius 3 is 2.50 bits per heavy atom. The van der Waals surface area contributed by atoms with E-state index in [0.29, 0.717) is 15.0 Å². The molecule has 0 aliphatic carbocycles. The largest absolute Gasteiger partial charge is 0.437 e. The highest BCUT2D eigenvalue weighted by atomic mass is 35.5. The summed E-state index contributed by atoms with van der Waals surface area (Å²) in [7, 11) is -3.55. The SMILES string of the molecule is CS(=O)(=O)Nc1cc2cc(C(=O)Nc3cc(Cl)nc(Oc4ccc(C(F)(F)F)nc4)c3)sc2cc1Cl. The molecule has 8 nitrogen and oxygen atoms in total. The third-order valence-electron chi connectivity index (χ3n) is 4.40. The average Bonchev–Trinajstić information content (AvgIpc) is 3.15. The zero-order valence-corrected chi connectivity index (χ0v) is 21.0. The van der Waals surface area contributed by atoms with Crippen molar-refractivity contribution in [2.24, 2.45) is 0 Å². The highest BCUT2D eigenvalue weighted by Gasteiger charge is 2.32. The van der Waals surface area contributed by atoms with Crippen molar-refractivity contribution in [2.75, 3.05) is 16.3 Å². The summed E-state index contributed by atoms with van der Waals surface area (Å²) in [5.74, 6) is -0.608. The fraction of sp³-hybridized carbons (Fsp3) is 0.0952. The zero-order chi connectivity index (χ0) is 26.3. The average molecular weight is 577 g/mol. The number of amides is 1. The normalized spacial score (nSPS) is 11.9. The van der Waals surface area contributed by atoms with Gasteiger partial charge in [0, 0.05) is 16.5 Å². The molecule has 0 radical (unpaired) electrons. The second kappa shape index (κ2) is 9.73. The van der Waals surface area contributed by atoms with Gasteiger partial charge in [-0.1, -0.05) is 23.2 Å². The molecule has 2 N–H and O–H groups in total. The number of anilines is 2. The van der Waals surface area contributed by atoms with Crippen LogP contribution in [0.4, 0.5) is 24.5 Å². The number of pyridine rings is 2. The molecule has 0 saturated carbocycles. The summed E-state index contributed by atoms with van der Waals surface area (Å²) in [6.07, 6.45) is -2.71. The van der Waals surface area contributed by atoms with Crippen LogP contribution in [0.1, 0.15) is 15.4 Å². The number of rotatable bonds is 6. The molecule has 1 aromatic carbocycles. The molecule has 1 amide bonds. The maximum atomic E-state index is 12.8. The Balaban J connectivity index is 1.53. The molecular weight excluding hydrogens is 564 g/mol. The molecule has 3 aromatic heterocycles. The lowest BCUT2D eigenvalue weighted by Crippen LogP contribution is -2.10. The number of halogens is 5. The minimum atomic E-state index is -4.59. The van der Waals surface area contributed by atoms with E-state index in [0.717, 1.165) is 35.9 Å². The number of alkyl halides is 3. The minimum absolute atomic E-state index is 0.0186. The van der Waals surface area contributed by atoms with Crippen LogP contribution in [0.2, 0.25) is 10.2 Å². The van der Waals surface area contributed by atoms with Gasteiger partial charge < -0.3 is 10.1 Å². The van der Waals surface area contributed by atoms with Crippen molar-refractivity contribution in [3.63, 3.8) is 0 Å². The van der Waals surface area contributed by atoms with E-state index in [2.05, 4.69) is 20.0 Å². The van der Waals surface area contributed by atoms with Crippen LogP contribution < -0.4 is 14.8 Å². The fourth-order valence-corrected chi connectivity index (χ4v) is 5.05. The zero-order valence-electron chi connectivity index (χ0n) is 17.9. The predicted octanol–water partition coefficient (Wildman–Crippen LogP) is 6.43. The van der Waals surface area contributed by atoms with Crippen molar-refractivity contribution in [2.45, 2.75) is 6.18 Å². The first-order chi connectivity index (χ1) is 16.8. The molecular formula is C21H13Cl2F3N4O4S2. The summed E-state index contributed by atoms with van der Waals surface area (Å²) in [4.78, 5) is 20.4. The van der Waals surface area contributed by atoms with Crippen molar-refractivity contribution in [1.82, 2.24) is 9.97 Å². The van der Waals surface area contributed by atoms with Gasteiger partial charge in [0.25, 0.3) is 5.91 Å². The molecule has 3 heterocycles. The lowest BCUT2D eigenvalue weighted by Gasteiger charge is -2.09. The van der Waals surface area contributed by atoms with Crippen LogP contribution in [0.25, 0.3) is 10.1 Å². The third kappa shape index (κ3) is 6.35. The summed E-state index contributed by atoms with van der Waals surface area (Å²) in [6, 6.07) is 9.14. The summed E-state index contributed by atoms with van der Waals surface area (Å²) < 4.78 is 69.5. The Morgan fingerprint density at radius 1 is 1.11 bits per heavy atom. The molecule has 0 bridgehead atoms. The molecule has 0 atom stereocenters. The number of ether oxygens (including phenoxy) is 1. The number of nitrogens with one attached hydrogen (secondary N) is 2. The number of hydrogen-bond acceptors (Lipinski definition) is 7. The summed E-state index contributed by atoms with van der Waals surface area (Å²) in [6.45, 7) is 0. The second-order valence-corrected chi connectivity index (χ2v) is 10.9. The maximum absolute atomic E-state index is 12.8. The molecule has 0 aliphatic rings. The van der Waals surface area contributed by atoms with Gasteiger partial charge in [0.15, 0.2) is 0 Å². The van der Waals surface area contributed by atoms with Crippen LogP contribution in [-0.4, -0.2) is 30.5 Å². The minimum Gasteiger partial charge on any atom is -0.437 e. The van der Waals surface area contributed by atoms with Gasteiger partial charge in [0.1, 0.15) is 16.6 Å². The lowest BCUT2D eigenvalue weighted by atomic mass is 10.2. The standard InChI is InChI=1S/C21H13Cl2F3N4O4S2/c1-36(32,33)30-14-4-10-5-16(35-15(10)8-13(14)22)20(31)28-11-6-18(23)29-19(7-11)34-12-2-3-17(27-9-12)21(24,25)26/h2-9,30H,1H3,(H,28,29,31). The van der Waals surface area contributed by atoms with Gasteiger partial charge in [-0.2, -0.15) is 13.2 Å². The number of aromatic nitrogens is 2. The first-order valence-electron chi connectivity index (χ1n) is 9.68. The number of carbonyl (C=O) groups excluding carboxylic acids is 1. The van der Waals surface area contributed by atoms with Crippen LogP contribution in [-0.2, 0) is 16.2 Å². The second-order valence-electron chi connectivity index (χ2n) is 7.30. The number of sulfonamides is 1. The monoisotopic (exact) mass is 576 g/mol. The van der Waals surface area contributed by atoms with E-state index in [-0.39, 0.29) is 33.2 Å². The van der Waals surface area contributed by atoms with E-state index in [1.807, 2.05) is 0 Å². The first-order valence-corrected chi connectivity index (χ1v) is 13.1. The Labute approximate surface area is 216 Å². The van der Waals surface area contributed by atoms with Gasteiger partial charge in [-0.05, 0) is 41.8 Å². The molecule has 36 heavy (non-hydrogen) atoms. The first kappa shape index (κ1) is 25.9. The van der Waals surface area contributed by atoms with Gasteiger partial charge in [0.05, 0.1) is 28.0 Å². The number of carbonyl (C=O) groups is 1. The van der Waals surface area contributed by atoms with E-state index in [1.54, 1.807) is 12.1 Å². The van der Waals surface area contributed by atoms with Crippen molar-refractivity contribution in [1.29, 1.82) is 0 Å². The summed E-state index contributed by atoms with van der Waals surface area (Å²) >= 11 is 13.3. The molecule has 4 rings (SSSR count). The number of hydrogen-bond donors (Lipinski definition) is 2. The van der Waals surface area contributed by atoms with E-state index in [4.69, 9.17) is 27.9 Å². The van der Waals surface area contributed by atoms with E-state index < -0.39 is 27.8 Å². The highest BCUT2D eigenvalue weighted by Crippen LogP contribution is 2.35. The van der Waals surface area contributed by atoms with Crippen molar-refractivity contribution >= 4 is 71.9 Å². The van der Waals surface area contributed by atoms with Crippen LogP contribution in [0, 0.1) is 0 Å². The molecule has 0 unspecified atom stereocenters. The van der Waals surface area contributed by atoms with E-state index in [9.17, 15) is 26.4 Å². The Bertz CT molecular complexity index is 1580. The maximum Gasteiger partial charge on any atom is 0.433 e. The Hall–Kier alpha value is -3.13. The third-order valence-corrected chi connectivity index (χ3v) is 6.60. The molecule has 0 saturated heterocycles. The van der Waals surface area contributed by atoms with Gasteiger partial charge >= 0.3 is 6.18 Å². The quantitative estimate of drug-likeness (QED) is 0.256. The van der Waals surface area contributed by atoms with Crippen molar-refractivity contribution in [3.8, 4) is 11.6 Å². The number of nitrogens with zero attached hydrogens (tertiary/aromatic N) is 2. The summed E-state index contributed by atoms with van der Waals surface area (Å²) in [5, 5.41) is 3.36. The molecule has 0 fully saturated rings. The lowest BCUT2D eigenvalue weighted by molar-refractivity contribution is -0.141. The van der Waals surface area contributed by atoms with Crippen molar-refractivity contribution in [3.05, 3.63) is 69.4 Å². The Morgan fingerprint density at radius 2 is 1.86 bits per heavy atom. The number of benzene rings is 1. The molecule has 0 spiro atoms. The topological polar surface area (TPSA) is 110 Å².